The first kappa shape index (κ1) is 8.77. The lowest BCUT2D eigenvalue weighted by Gasteiger charge is -2.32. The van der Waals surface area contributed by atoms with Crippen molar-refractivity contribution in [1.29, 1.82) is 5.41 Å². The van der Waals surface area contributed by atoms with Gasteiger partial charge in [0.1, 0.15) is 5.84 Å². The maximum atomic E-state index is 7.73. The van der Waals surface area contributed by atoms with Crippen LogP contribution in [0.4, 0.5) is 5.69 Å². The largest absolute Gasteiger partial charge is 0.359 e. The van der Waals surface area contributed by atoms with Crippen LogP contribution in [0.15, 0.2) is 42.6 Å². The maximum absolute atomic E-state index is 7.73. The van der Waals surface area contributed by atoms with Crippen molar-refractivity contribution >= 4 is 11.5 Å². The smallest absolute Gasteiger partial charge is 0.158 e. The van der Waals surface area contributed by atoms with E-state index in [1.54, 1.807) is 17.2 Å². The second-order valence-corrected chi connectivity index (χ2v) is 3.04. The van der Waals surface area contributed by atoms with Crippen LogP contribution < -0.4 is 16.0 Å². The summed E-state index contributed by atoms with van der Waals surface area (Å²) in [4.78, 5) is 1.72. The van der Waals surface area contributed by atoms with Crippen LogP contribution in [0.25, 0.3) is 0 Å². The molecular weight excluding hydrogens is 176 g/mol. The van der Waals surface area contributed by atoms with Crippen LogP contribution in [0, 0.1) is 5.41 Å². The van der Waals surface area contributed by atoms with E-state index in [0.29, 0.717) is 5.84 Å². The molecule has 1 atom stereocenters. The standard InChI is InChI=1S/C10H12N4/c11-9-6-7-13-10(12)14(9)8-4-2-1-3-5-8/h1-7,10-11,13H,12H2. The summed E-state index contributed by atoms with van der Waals surface area (Å²) in [5, 5.41) is 10.7. The molecule has 4 N–H and O–H groups in total. The molecule has 0 amide bonds. The number of nitrogens with one attached hydrogen (secondary N) is 2. The van der Waals surface area contributed by atoms with Gasteiger partial charge in [-0.2, -0.15) is 0 Å². The Bertz CT molecular complexity index is 358. The van der Waals surface area contributed by atoms with Crippen molar-refractivity contribution in [2.45, 2.75) is 6.29 Å². The summed E-state index contributed by atoms with van der Waals surface area (Å²) < 4.78 is 0. The van der Waals surface area contributed by atoms with Crippen molar-refractivity contribution in [3.05, 3.63) is 42.6 Å². The SMILES string of the molecule is N=C1C=CNC(N)N1c1ccccc1. The molecule has 1 aliphatic rings. The van der Waals surface area contributed by atoms with Crippen molar-refractivity contribution in [2.75, 3.05) is 4.90 Å². The maximum Gasteiger partial charge on any atom is 0.158 e. The summed E-state index contributed by atoms with van der Waals surface area (Å²) in [6.45, 7) is 0. The summed E-state index contributed by atoms with van der Waals surface area (Å²) in [7, 11) is 0. The average Bonchev–Trinajstić information content (AvgIpc) is 2.19. The molecule has 0 radical (unpaired) electrons. The van der Waals surface area contributed by atoms with E-state index in [0.717, 1.165) is 5.69 Å². The first-order valence-electron chi connectivity index (χ1n) is 4.40. The molecule has 4 nitrogen and oxygen atoms in total. The van der Waals surface area contributed by atoms with Gasteiger partial charge in [-0.15, -0.1) is 0 Å². The topological polar surface area (TPSA) is 65.1 Å². The zero-order valence-corrected chi connectivity index (χ0v) is 7.64. The van der Waals surface area contributed by atoms with Crippen LogP contribution in [-0.2, 0) is 0 Å². The highest BCUT2D eigenvalue weighted by Crippen LogP contribution is 2.16. The first-order valence-corrected chi connectivity index (χ1v) is 4.40. The number of nitrogens with zero attached hydrogens (tertiary/aromatic N) is 1. The molecule has 1 heterocycles. The van der Waals surface area contributed by atoms with Crippen LogP contribution in [0.3, 0.4) is 0 Å². The van der Waals surface area contributed by atoms with Crippen LogP contribution in [0.5, 0.6) is 0 Å². The molecule has 14 heavy (non-hydrogen) atoms. The van der Waals surface area contributed by atoms with Gasteiger partial charge in [0.15, 0.2) is 6.29 Å². The summed E-state index contributed by atoms with van der Waals surface area (Å²) in [6, 6.07) is 9.64. The van der Waals surface area contributed by atoms with Gasteiger partial charge in [-0.1, -0.05) is 18.2 Å². The Morgan fingerprint density at radius 1 is 1.29 bits per heavy atom. The van der Waals surface area contributed by atoms with Gasteiger partial charge in [-0.25, -0.2) is 0 Å². The number of hydrogen-bond donors (Lipinski definition) is 3. The lowest BCUT2D eigenvalue weighted by molar-refractivity contribution is 0.619. The Morgan fingerprint density at radius 3 is 2.64 bits per heavy atom. The van der Waals surface area contributed by atoms with Gasteiger partial charge in [-0.05, 0) is 18.2 Å². The van der Waals surface area contributed by atoms with E-state index < -0.39 is 0 Å². The monoisotopic (exact) mass is 188 g/mol. The van der Waals surface area contributed by atoms with E-state index in [-0.39, 0.29) is 6.29 Å². The van der Waals surface area contributed by atoms with E-state index in [2.05, 4.69) is 5.32 Å². The molecule has 4 heteroatoms. The van der Waals surface area contributed by atoms with Crippen LogP contribution in [-0.4, -0.2) is 12.1 Å². The molecule has 0 saturated heterocycles. The number of para-hydroxylation sites is 1. The van der Waals surface area contributed by atoms with E-state index in [1.807, 2.05) is 30.3 Å². The number of anilines is 1. The summed E-state index contributed by atoms with van der Waals surface area (Å²) >= 11 is 0. The Hall–Kier alpha value is -1.81. The fourth-order valence-corrected chi connectivity index (χ4v) is 1.42. The molecule has 72 valence electrons. The highest BCUT2D eigenvalue weighted by molar-refractivity contribution is 6.04. The van der Waals surface area contributed by atoms with Gasteiger partial charge in [0.05, 0.1) is 0 Å². The molecule has 0 bridgehead atoms. The van der Waals surface area contributed by atoms with Gasteiger partial charge in [0.25, 0.3) is 0 Å². The molecule has 1 aliphatic heterocycles. The number of nitrogens with two attached hydrogens (primary N) is 1. The van der Waals surface area contributed by atoms with E-state index >= 15 is 0 Å². The van der Waals surface area contributed by atoms with Gasteiger partial charge in [0.2, 0.25) is 0 Å². The second kappa shape index (κ2) is 3.51. The van der Waals surface area contributed by atoms with Crippen molar-refractivity contribution in [3.63, 3.8) is 0 Å². The number of hydrogen-bond acceptors (Lipinski definition) is 3. The molecular formula is C10H12N4. The fraction of sp³-hybridized carbons (Fsp3) is 0.100. The quantitative estimate of drug-likeness (QED) is 0.611. The first-order chi connectivity index (χ1) is 6.79. The minimum Gasteiger partial charge on any atom is -0.359 e. The molecule has 1 aromatic carbocycles. The Labute approximate surface area is 82.5 Å². The number of benzene rings is 1. The fourth-order valence-electron chi connectivity index (χ4n) is 1.42. The molecule has 1 aromatic rings. The third-order valence-corrected chi connectivity index (χ3v) is 2.08. The molecule has 0 aliphatic carbocycles. The van der Waals surface area contributed by atoms with E-state index in [4.69, 9.17) is 11.1 Å². The van der Waals surface area contributed by atoms with E-state index in [1.165, 1.54) is 0 Å². The summed E-state index contributed by atoms with van der Waals surface area (Å²) in [5.41, 5.74) is 6.74. The predicted octanol–water partition coefficient (Wildman–Crippen LogP) is 0.829. The van der Waals surface area contributed by atoms with Gasteiger partial charge in [0, 0.05) is 11.9 Å². The number of rotatable bonds is 1. The minimum atomic E-state index is -0.366. The zero-order chi connectivity index (χ0) is 9.97. The highest BCUT2D eigenvalue weighted by atomic mass is 15.4. The van der Waals surface area contributed by atoms with Crippen molar-refractivity contribution in [2.24, 2.45) is 5.73 Å². The predicted molar refractivity (Wildman–Crippen MR) is 56.9 cm³/mol. The van der Waals surface area contributed by atoms with Crippen LogP contribution >= 0.6 is 0 Å². The third-order valence-electron chi connectivity index (χ3n) is 2.08. The van der Waals surface area contributed by atoms with Crippen LogP contribution in [0.2, 0.25) is 0 Å². The molecule has 0 spiro atoms. The van der Waals surface area contributed by atoms with Gasteiger partial charge in [-0.3, -0.25) is 16.0 Å². The van der Waals surface area contributed by atoms with Crippen molar-refractivity contribution in [1.82, 2.24) is 5.32 Å². The van der Waals surface area contributed by atoms with Crippen LogP contribution in [0.1, 0.15) is 0 Å². The average molecular weight is 188 g/mol. The lowest BCUT2D eigenvalue weighted by atomic mass is 10.2. The van der Waals surface area contributed by atoms with Gasteiger partial charge < -0.3 is 5.32 Å². The van der Waals surface area contributed by atoms with E-state index in [9.17, 15) is 0 Å². The Balaban J connectivity index is 2.33. The molecule has 0 fully saturated rings. The van der Waals surface area contributed by atoms with Gasteiger partial charge >= 0.3 is 0 Å². The lowest BCUT2D eigenvalue weighted by Crippen LogP contribution is -2.55. The second-order valence-electron chi connectivity index (χ2n) is 3.04. The molecule has 0 aromatic heterocycles. The highest BCUT2D eigenvalue weighted by Gasteiger charge is 2.19. The Morgan fingerprint density at radius 2 is 2.00 bits per heavy atom. The number of amidine groups is 1. The van der Waals surface area contributed by atoms with Crippen molar-refractivity contribution in [3.8, 4) is 0 Å². The zero-order valence-electron chi connectivity index (χ0n) is 7.64. The van der Waals surface area contributed by atoms with Crippen molar-refractivity contribution < 1.29 is 0 Å². The molecule has 2 rings (SSSR count). The molecule has 0 saturated carbocycles. The summed E-state index contributed by atoms with van der Waals surface area (Å²) in [5.74, 6) is 0.391. The normalized spacial score (nSPS) is 20.8. The minimum absolute atomic E-state index is 0.366. The Kier molecular flexibility index (Phi) is 2.20. The third kappa shape index (κ3) is 1.47. The molecule has 1 unspecified atom stereocenters. The summed E-state index contributed by atoms with van der Waals surface area (Å²) in [6.07, 6.45) is 3.00.